The van der Waals surface area contributed by atoms with E-state index >= 15 is 0 Å². The van der Waals surface area contributed by atoms with Crippen LogP contribution in [0.2, 0.25) is 5.02 Å². The number of sulfonamides is 1. The van der Waals surface area contributed by atoms with Crippen LogP contribution in [0.15, 0.2) is 29.2 Å². The summed E-state index contributed by atoms with van der Waals surface area (Å²) in [5.41, 5.74) is 5.35. The molecule has 0 unspecified atom stereocenters. The van der Waals surface area contributed by atoms with E-state index < -0.39 is 15.6 Å². The third-order valence-electron chi connectivity index (χ3n) is 4.79. The lowest BCUT2D eigenvalue weighted by molar-refractivity contribution is -0.141. The molecule has 0 aliphatic carbocycles. The molecule has 0 aromatic heterocycles. The Kier molecular flexibility index (Phi) is 5.36. The molecule has 2 saturated heterocycles. The van der Waals surface area contributed by atoms with Crippen molar-refractivity contribution in [2.24, 2.45) is 5.73 Å². The summed E-state index contributed by atoms with van der Waals surface area (Å²) in [7, 11) is -3.58. The number of benzene rings is 1. The molecule has 7 nitrogen and oxygen atoms in total. The number of ether oxygens (including phenoxy) is 1. The number of nitrogens with zero attached hydrogens (tertiary/aromatic N) is 2. The van der Waals surface area contributed by atoms with E-state index in [2.05, 4.69) is 0 Å². The van der Waals surface area contributed by atoms with Gasteiger partial charge in [-0.15, -0.1) is 0 Å². The first-order valence-electron chi connectivity index (χ1n) is 8.25. The lowest BCUT2D eigenvalue weighted by Crippen LogP contribution is -2.61. The molecule has 2 heterocycles. The molecule has 0 saturated carbocycles. The quantitative estimate of drug-likeness (QED) is 0.823. The molecule has 1 aromatic carbocycles. The standard InChI is InChI=1S/C16H22ClN3O4S/c17-13-1-3-14(4-2-13)25(22,23)20-9-7-19(8-10-20)15(21)16(18)5-11-24-12-6-16/h1-4H,5-12,18H2. The van der Waals surface area contributed by atoms with E-state index in [0.29, 0.717) is 44.2 Å². The molecule has 2 fully saturated rings. The van der Waals surface area contributed by atoms with Crippen molar-refractivity contribution in [3.05, 3.63) is 29.3 Å². The van der Waals surface area contributed by atoms with E-state index in [1.807, 2.05) is 0 Å². The fraction of sp³-hybridized carbons (Fsp3) is 0.562. The molecular weight excluding hydrogens is 366 g/mol. The van der Waals surface area contributed by atoms with Crippen LogP contribution in [0.5, 0.6) is 0 Å². The van der Waals surface area contributed by atoms with Gasteiger partial charge in [0, 0.05) is 44.4 Å². The van der Waals surface area contributed by atoms with Crippen LogP contribution in [0.25, 0.3) is 0 Å². The van der Waals surface area contributed by atoms with Crippen molar-refractivity contribution in [3.63, 3.8) is 0 Å². The molecule has 0 bridgehead atoms. The Labute approximate surface area is 152 Å². The van der Waals surface area contributed by atoms with Crippen molar-refractivity contribution in [3.8, 4) is 0 Å². The monoisotopic (exact) mass is 387 g/mol. The number of carbonyl (C=O) groups is 1. The van der Waals surface area contributed by atoms with Gasteiger partial charge in [-0.1, -0.05) is 11.6 Å². The Hall–Kier alpha value is -1.19. The Morgan fingerprint density at radius 3 is 2.20 bits per heavy atom. The summed E-state index contributed by atoms with van der Waals surface area (Å²) >= 11 is 5.82. The minimum absolute atomic E-state index is 0.112. The number of carbonyl (C=O) groups excluding carboxylic acids is 1. The molecule has 2 aliphatic heterocycles. The van der Waals surface area contributed by atoms with Crippen LogP contribution in [0.1, 0.15) is 12.8 Å². The van der Waals surface area contributed by atoms with E-state index in [-0.39, 0.29) is 23.9 Å². The van der Waals surface area contributed by atoms with Gasteiger partial charge in [-0.2, -0.15) is 4.31 Å². The zero-order valence-electron chi connectivity index (χ0n) is 13.9. The maximum atomic E-state index is 12.7. The number of amides is 1. The molecular formula is C16H22ClN3O4S. The molecule has 25 heavy (non-hydrogen) atoms. The predicted molar refractivity (Wildman–Crippen MR) is 93.8 cm³/mol. The number of nitrogens with two attached hydrogens (primary N) is 1. The maximum absolute atomic E-state index is 12.7. The molecule has 0 spiro atoms. The lowest BCUT2D eigenvalue weighted by Gasteiger charge is -2.40. The van der Waals surface area contributed by atoms with Gasteiger partial charge in [0.1, 0.15) is 0 Å². The average molecular weight is 388 g/mol. The van der Waals surface area contributed by atoms with Crippen LogP contribution < -0.4 is 5.73 Å². The zero-order chi connectivity index (χ0) is 18.1. The zero-order valence-corrected chi connectivity index (χ0v) is 15.4. The number of rotatable bonds is 3. The molecule has 0 radical (unpaired) electrons. The molecule has 9 heteroatoms. The second-order valence-corrected chi connectivity index (χ2v) is 8.79. The Balaban J connectivity index is 1.65. The van der Waals surface area contributed by atoms with Crippen molar-refractivity contribution < 1.29 is 17.9 Å². The SMILES string of the molecule is NC1(C(=O)N2CCN(S(=O)(=O)c3ccc(Cl)cc3)CC2)CCOCC1. The minimum atomic E-state index is -3.58. The highest BCUT2D eigenvalue weighted by Crippen LogP contribution is 2.23. The first-order valence-corrected chi connectivity index (χ1v) is 10.1. The summed E-state index contributed by atoms with van der Waals surface area (Å²) in [5, 5.41) is 0.485. The summed E-state index contributed by atoms with van der Waals surface area (Å²) < 4.78 is 32.0. The van der Waals surface area contributed by atoms with Crippen molar-refractivity contribution >= 4 is 27.5 Å². The van der Waals surface area contributed by atoms with Crippen LogP contribution in [-0.2, 0) is 19.6 Å². The van der Waals surface area contributed by atoms with E-state index in [4.69, 9.17) is 22.1 Å². The van der Waals surface area contributed by atoms with Gasteiger partial charge in [0.15, 0.2) is 0 Å². The van der Waals surface area contributed by atoms with Crippen LogP contribution in [0.4, 0.5) is 0 Å². The smallest absolute Gasteiger partial charge is 0.243 e. The molecule has 138 valence electrons. The van der Waals surface area contributed by atoms with Gasteiger partial charge in [0.25, 0.3) is 0 Å². The molecule has 2 aliphatic rings. The van der Waals surface area contributed by atoms with Gasteiger partial charge in [-0.3, -0.25) is 4.79 Å². The first-order chi connectivity index (χ1) is 11.8. The fourth-order valence-corrected chi connectivity index (χ4v) is 4.70. The summed E-state index contributed by atoms with van der Waals surface area (Å²) in [4.78, 5) is 14.6. The van der Waals surface area contributed by atoms with Crippen LogP contribution in [-0.4, -0.2) is 68.5 Å². The second kappa shape index (κ2) is 7.20. The second-order valence-electron chi connectivity index (χ2n) is 6.42. The van der Waals surface area contributed by atoms with Crippen LogP contribution in [0, 0.1) is 0 Å². The average Bonchev–Trinajstić information content (AvgIpc) is 2.62. The fourth-order valence-electron chi connectivity index (χ4n) is 3.15. The van der Waals surface area contributed by atoms with E-state index in [1.165, 1.54) is 16.4 Å². The summed E-state index contributed by atoms with van der Waals surface area (Å²) in [5.74, 6) is -0.112. The largest absolute Gasteiger partial charge is 0.381 e. The third-order valence-corrected chi connectivity index (χ3v) is 6.95. The number of halogens is 1. The van der Waals surface area contributed by atoms with Crippen molar-refractivity contribution in [2.45, 2.75) is 23.3 Å². The Morgan fingerprint density at radius 2 is 1.64 bits per heavy atom. The molecule has 2 N–H and O–H groups in total. The highest BCUT2D eigenvalue weighted by molar-refractivity contribution is 7.89. The molecule has 3 rings (SSSR count). The van der Waals surface area contributed by atoms with Crippen molar-refractivity contribution in [2.75, 3.05) is 39.4 Å². The van der Waals surface area contributed by atoms with Crippen LogP contribution >= 0.6 is 11.6 Å². The maximum Gasteiger partial charge on any atom is 0.243 e. The number of hydrogen-bond donors (Lipinski definition) is 1. The van der Waals surface area contributed by atoms with Crippen molar-refractivity contribution in [1.29, 1.82) is 0 Å². The molecule has 0 atom stereocenters. The van der Waals surface area contributed by atoms with Crippen molar-refractivity contribution in [1.82, 2.24) is 9.21 Å². The van der Waals surface area contributed by atoms with Gasteiger partial charge in [-0.25, -0.2) is 8.42 Å². The highest BCUT2D eigenvalue weighted by Gasteiger charge is 2.40. The Bertz CT molecular complexity index is 724. The van der Waals surface area contributed by atoms with Gasteiger partial charge in [0.05, 0.1) is 10.4 Å². The van der Waals surface area contributed by atoms with E-state index in [0.717, 1.165) is 0 Å². The van der Waals surface area contributed by atoms with Gasteiger partial charge < -0.3 is 15.4 Å². The van der Waals surface area contributed by atoms with Gasteiger partial charge >= 0.3 is 0 Å². The first kappa shape index (κ1) is 18.6. The predicted octanol–water partition coefficient (Wildman–Crippen LogP) is 0.681. The number of hydrogen-bond acceptors (Lipinski definition) is 5. The summed E-state index contributed by atoms with van der Waals surface area (Å²) in [6.07, 6.45) is 0.990. The van der Waals surface area contributed by atoms with Gasteiger partial charge in [-0.05, 0) is 37.1 Å². The summed E-state index contributed by atoms with van der Waals surface area (Å²) in [6.45, 7) is 2.14. The number of piperazine rings is 1. The van der Waals surface area contributed by atoms with Crippen LogP contribution in [0.3, 0.4) is 0 Å². The molecule has 1 aromatic rings. The highest BCUT2D eigenvalue weighted by atomic mass is 35.5. The summed E-state index contributed by atoms with van der Waals surface area (Å²) in [6, 6.07) is 6.09. The normalized spacial score (nSPS) is 21.9. The lowest BCUT2D eigenvalue weighted by atomic mass is 9.89. The van der Waals surface area contributed by atoms with Gasteiger partial charge in [0.2, 0.25) is 15.9 Å². The third kappa shape index (κ3) is 3.83. The molecule has 1 amide bonds. The Morgan fingerprint density at radius 1 is 1.08 bits per heavy atom. The topological polar surface area (TPSA) is 92.9 Å². The van der Waals surface area contributed by atoms with E-state index in [1.54, 1.807) is 17.0 Å². The van der Waals surface area contributed by atoms with E-state index in [9.17, 15) is 13.2 Å². The minimum Gasteiger partial charge on any atom is -0.381 e.